The summed E-state index contributed by atoms with van der Waals surface area (Å²) < 4.78 is 0. The third kappa shape index (κ3) is 1.57. The molecular formula is C15H21N3. The van der Waals surface area contributed by atoms with Crippen LogP contribution in [0.1, 0.15) is 24.8 Å². The van der Waals surface area contributed by atoms with E-state index in [1.165, 1.54) is 37.9 Å². The van der Waals surface area contributed by atoms with E-state index in [-0.39, 0.29) is 0 Å². The van der Waals surface area contributed by atoms with Crippen molar-refractivity contribution in [3.63, 3.8) is 0 Å². The molecule has 0 spiro atoms. The summed E-state index contributed by atoms with van der Waals surface area (Å²) in [5.74, 6) is 4.76. The Balaban J connectivity index is 1.48. The molecule has 0 aromatic carbocycles. The summed E-state index contributed by atoms with van der Waals surface area (Å²) in [5.41, 5.74) is 7.14. The standard InChI is InChI=1S/C15H21N3/c16-15-12(2-1-5-17-15)7-18-8-13-10-3-4-11(6-10)14(13)9-18/h1-2,5,10-11,13-14H,3-4,6-9H2,(H2,16,17)/t10-,11+,13-,14+. The lowest BCUT2D eigenvalue weighted by Crippen LogP contribution is -2.23. The lowest BCUT2D eigenvalue weighted by Gasteiger charge is -2.22. The summed E-state index contributed by atoms with van der Waals surface area (Å²) in [6.45, 7) is 3.58. The van der Waals surface area contributed by atoms with E-state index in [1.54, 1.807) is 6.20 Å². The highest BCUT2D eigenvalue weighted by Crippen LogP contribution is 2.55. The van der Waals surface area contributed by atoms with E-state index in [4.69, 9.17) is 5.73 Å². The molecule has 96 valence electrons. The van der Waals surface area contributed by atoms with Gasteiger partial charge in [-0.25, -0.2) is 4.98 Å². The number of fused-ring (bicyclic) bond motifs is 5. The van der Waals surface area contributed by atoms with Gasteiger partial charge in [-0.3, -0.25) is 4.90 Å². The summed E-state index contributed by atoms with van der Waals surface area (Å²) in [4.78, 5) is 6.79. The van der Waals surface area contributed by atoms with Crippen molar-refractivity contribution >= 4 is 5.82 Å². The van der Waals surface area contributed by atoms with Crippen LogP contribution >= 0.6 is 0 Å². The van der Waals surface area contributed by atoms with Gasteiger partial charge >= 0.3 is 0 Å². The fourth-order valence-electron chi connectivity index (χ4n) is 4.72. The number of nitrogens with two attached hydrogens (primary N) is 1. The van der Waals surface area contributed by atoms with E-state index in [1.807, 2.05) is 6.07 Å². The van der Waals surface area contributed by atoms with Gasteiger partial charge in [0.15, 0.2) is 0 Å². The van der Waals surface area contributed by atoms with Gasteiger partial charge in [0, 0.05) is 31.4 Å². The predicted octanol–water partition coefficient (Wildman–Crippen LogP) is 2.14. The Morgan fingerprint density at radius 2 is 1.94 bits per heavy atom. The topological polar surface area (TPSA) is 42.1 Å². The first-order valence-corrected chi connectivity index (χ1v) is 7.23. The average Bonchev–Trinajstić information content (AvgIpc) is 3.03. The van der Waals surface area contributed by atoms with Gasteiger partial charge in [-0.05, 0) is 49.0 Å². The number of likely N-dealkylation sites (tertiary alicyclic amines) is 1. The van der Waals surface area contributed by atoms with Crippen LogP contribution in [0.4, 0.5) is 5.82 Å². The Hall–Kier alpha value is -1.09. The molecule has 0 unspecified atom stereocenters. The quantitative estimate of drug-likeness (QED) is 0.865. The first-order valence-electron chi connectivity index (χ1n) is 7.23. The van der Waals surface area contributed by atoms with E-state index in [9.17, 15) is 0 Å². The van der Waals surface area contributed by atoms with Crippen LogP contribution in [0, 0.1) is 23.7 Å². The first-order chi connectivity index (χ1) is 8.81. The monoisotopic (exact) mass is 243 g/mol. The van der Waals surface area contributed by atoms with Crippen LogP contribution in [0.25, 0.3) is 0 Å². The van der Waals surface area contributed by atoms with E-state index < -0.39 is 0 Å². The number of nitrogen functional groups attached to an aromatic ring is 1. The molecule has 4 rings (SSSR count). The van der Waals surface area contributed by atoms with Gasteiger partial charge in [-0.15, -0.1) is 0 Å². The Labute approximate surface area is 108 Å². The Kier molecular flexibility index (Phi) is 2.37. The molecule has 18 heavy (non-hydrogen) atoms. The number of nitrogens with zero attached hydrogens (tertiary/aromatic N) is 2. The van der Waals surface area contributed by atoms with Crippen molar-refractivity contribution in [2.45, 2.75) is 25.8 Å². The third-order valence-corrected chi connectivity index (χ3v) is 5.53. The molecule has 2 aliphatic carbocycles. The van der Waals surface area contributed by atoms with Crippen LogP contribution in [0.2, 0.25) is 0 Å². The van der Waals surface area contributed by atoms with Crippen LogP contribution in [0.3, 0.4) is 0 Å². The van der Waals surface area contributed by atoms with Crippen LogP contribution in [-0.2, 0) is 6.54 Å². The number of hydrogen-bond acceptors (Lipinski definition) is 3. The van der Waals surface area contributed by atoms with Gasteiger partial charge in [-0.1, -0.05) is 6.07 Å². The van der Waals surface area contributed by atoms with Gasteiger partial charge in [-0.2, -0.15) is 0 Å². The van der Waals surface area contributed by atoms with Crippen molar-refractivity contribution in [1.82, 2.24) is 9.88 Å². The van der Waals surface area contributed by atoms with Crippen molar-refractivity contribution in [2.24, 2.45) is 23.7 Å². The molecule has 3 nitrogen and oxygen atoms in total. The fraction of sp³-hybridized carbons (Fsp3) is 0.667. The summed E-state index contributed by atoms with van der Waals surface area (Å²) in [5, 5.41) is 0. The number of hydrogen-bond donors (Lipinski definition) is 1. The summed E-state index contributed by atoms with van der Waals surface area (Å²) in [6, 6.07) is 4.11. The second-order valence-electron chi connectivity index (χ2n) is 6.40. The zero-order chi connectivity index (χ0) is 12.1. The Morgan fingerprint density at radius 1 is 1.22 bits per heavy atom. The zero-order valence-electron chi connectivity index (χ0n) is 10.8. The van der Waals surface area contributed by atoms with E-state index in [2.05, 4.69) is 16.0 Å². The molecule has 3 heteroatoms. The smallest absolute Gasteiger partial charge is 0.127 e. The van der Waals surface area contributed by atoms with Crippen LogP contribution < -0.4 is 5.73 Å². The molecule has 1 aromatic heterocycles. The van der Waals surface area contributed by atoms with Crippen molar-refractivity contribution in [3.05, 3.63) is 23.9 Å². The van der Waals surface area contributed by atoms with Crippen molar-refractivity contribution in [1.29, 1.82) is 0 Å². The molecular weight excluding hydrogens is 222 g/mol. The Morgan fingerprint density at radius 3 is 2.61 bits per heavy atom. The van der Waals surface area contributed by atoms with Gasteiger partial charge < -0.3 is 5.73 Å². The average molecular weight is 243 g/mol. The van der Waals surface area contributed by atoms with Crippen LogP contribution in [0.15, 0.2) is 18.3 Å². The minimum Gasteiger partial charge on any atom is -0.383 e. The minimum atomic E-state index is 0.706. The molecule has 3 fully saturated rings. The molecule has 1 aromatic rings. The third-order valence-electron chi connectivity index (χ3n) is 5.53. The SMILES string of the molecule is Nc1ncccc1CN1C[C@@H]2[C@@H]3CC[C@@H](C3)[C@@H]2C1. The normalized spacial score (nSPS) is 38.2. The fourth-order valence-corrected chi connectivity index (χ4v) is 4.72. The van der Waals surface area contributed by atoms with Crippen molar-refractivity contribution in [2.75, 3.05) is 18.8 Å². The molecule has 1 aliphatic heterocycles. The van der Waals surface area contributed by atoms with Crippen LogP contribution in [-0.4, -0.2) is 23.0 Å². The van der Waals surface area contributed by atoms with Crippen molar-refractivity contribution in [3.8, 4) is 0 Å². The Bertz CT molecular complexity index is 441. The highest BCUT2D eigenvalue weighted by Gasteiger charge is 2.51. The van der Waals surface area contributed by atoms with Gasteiger partial charge in [0.05, 0.1) is 0 Å². The summed E-state index contributed by atoms with van der Waals surface area (Å²) >= 11 is 0. The molecule has 4 atom stereocenters. The first kappa shape index (κ1) is 10.8. The summed E-state index contributed by atoms with van der Waals surface area (Å²) in [6.07, 6.45) is 6.29. The molecule has 2 N–H and O–H groups in total. The molecule has 1 saturated heterocycles. The second kappa shape index (κ2) is 3.95. The summed E-state index contributed by atoms with van der Waals surface area (Å²) in [7, 11) is 0. The van der Waals surface area contributed by atoms with Crippen LogP contribution in [0.5, 0.6) is 0 Å². The number of rotatable bonds is 2. The predicted molar refractivity (Wildman–Crippen MR) is 71.7 cm³/mol. The number of anilines is 1. The lowest BCUT2D eigenvalue weighted by molar-refractivity contribution is 0.281. The maximum Gasteiger partial charge on any atom is 0.127 e. The van der Waals surface area contributed by atoms with Gasteiger partial charge in [0.1, 0.15) is 5.82 Å². The molecule has 0 radical (unpaired) electrons. The molecule has 2 bridgehead atoms. The van der Waals surface area contributed by atoms with Gasteiger partial charge in [0.25, 0.3) is 0 Å². The molecule has 2 saturated carbocycles. The molecule has 2 heterocycles. The number of aromatic nitrogens is 1. The maximum absolute atomic E-state index is 5.94. The van der Waals surface area contributed by atoms with E-state index in [0.717, 1.165) is 30.2 Å². The minimum absolute atomic E-state index is 0.706. The lowest BCUT2D eigenvalue weighted by atomic mass is 9.82. The second-order valence-corrected chi connectivity index (χ2v) is 6.40. The maximum atomic E-state index is 5.94. The van der Waals surface area contributed by atoms with E-state index >= 15 is 0 Å². The highest BCUT2D eigenvalue weighted by molar-refractivity contribution is 5.38. The van der Waals surface area contributed by atoms with Gasteiger partial charge in [0.2, 0.25) is 0 Å². The van der Waals surface area contributed by atoms with Crippen molar-refractivity contribution < 1.29 is 0 Å². The molecule has 0 amide bonds. The highest BCUT2D eigenvalue weighted by atomic mass is 15.2. The largest absolute Gasteiger partial charge is 0.383 e. The number of pyridine rings is 1. The zero-order valence-corrected chi connectivity index (χ0v) is 10.8. The molecule has 3 aliphatic rings. The van der Waals surface area contributed by atoms with E-state index in [0.29, 0.717) is 5.82 Å².